The van der Waals surface area contributed by atoms with Crippen LogP contribution in [-0.4, -0.2) is 30.9 Å². The van der Waals surface area contributed by atoms with Crippen molar-refractivity contribution in [2.75, 3.05) is 5.32 Å². The number of nitrogens with zero attached hydrogens (tertiary/aromatic N) is 5. The van der Waals surface area contributed by atoms with Crippen LogP contribution in [-0.2, 0) is 5.75 Å². The minimum atomic E-state index is -1.06. The van der Waals surface area contributed by atoms with Crippen molar-refractivity contribution in [3.8, 4) is 5.69 Å². The zero-order valence-electron chi connectivity index (χ0n) is 15.7. The summed E-state index contributed by atoms with van der Waals surface area (Å²) < 4.78 is 29.1. The molecule has 2 heterocycles. The molecule has 0 fully saturated rings. The Morgan fingerprint density at radius 2 is 1.81 bits per heavy atom. The summed E-state index contributed by atoms with van der Waals surface area (Å²) in [5.74, 6) is -2.36. The van der Waals surface area contributed by atoms with Gasteiger partial charge >= 0.3 is 0 Å². The highest BCUT2D eigenvalue weighted by Crippen LogP contribution is 2.24. The van der Waals surface area contributed by atoms with Gasteiger partial charge in [0.15, 0.2) is 22.5 Å². The minimum absolute atomic E-state index is 0.0519. The second-order valence-corrected chi connectivity index (χ2v) is 8.03. The van der Waals surface area contributed by atoms with E-state index in [-0.39, 0.29) is 11.4 Å². The predicted molar refractivity (Wildman–Crippen MR) is 115 cm³/mol. The normalized spacial score (nSPS) is 10.8. The molecule has 0 saturated carbocycles. The van der Waals surface area contributed by atoms with Gasteiger partial charge in [0.25, 0.3) is 5.91 Å². The molecule has 0 aliphatic heterocycles. The van der Waals surface area contributed by atoms with Gasteiger partial charge in [-0.15, -0.1) is 5.10 Å². The van der Waals surface area contributed by atoms with Crippen LogP contribution in [0, 0.1) is 11.6 Å². The Morgan fingerprint density at radius 1 is 1.06 bits per heavy atom. The number of anilines is 1. The SMILES string of the molecule is O=C(Nc1ccc(F)c(F)c1)c1nnn(-c2ccc(Br)cc2)c1CSc1ncccn1. The summed E-state index contributed by atoms with van der Waals surface area (Å²) >= 11 is 4.70. The van der Waals surface area contributed by atoms with E-state index in [1.54, 1.807) is 23.1 Å². The van der Waals surface area contributed by atoms with E-state index in [4.69, 9.17) is 0 Å². The largest absolute Gasteiger partial charge is 0.320 e. The molecule has 1 N–H and O–H groups in total. The lowest BCUT2D eigenvalue weighted by Crippen LogP contribution is -2.15. The summed E-state index contributed by atoms with van der Waals surface area (Å²) in [5.41, 5.74) is 1.36. The Kier molecular flexibility index (Phi) is 6.33. The second-order valence-electron chi connectivity index (χ2n) is 6.18. The first kappa shape index (κ1) is 21.1. The van der Waals surface area contributed by atoms with Crippen molar-refractivity contribution in [1.29, 1.82) is 0 Å². The maximum absolute atomic E-state index is 13.5. The molecule has 0 aliphatic carbocycles. The van der Waals surface area contributed by atoms with E-state index in [1.165, 1.54) is 17.8 Å². The van der Waals surface area contributed by atoms with Gasteiger partial charge in [-0.1, -0.05) is 32.9 Å². The molecule has 0 saturated heterocycles. The number of thioether (sulfide) groups is 1. The number of nitrogens with one attached hydrogen (secondary N) is 1. The van der Waals surface area contributed by atoms with E-state index in [1.807, 2.05) is 24.3 Å². The van der Waals surface area contributed by atoms with Crippen LogP contribution in [0.2, 0.25) is 0 Å². The molecular weight excluding hydrogens is 490 g/mol. The summed E-state index contributed by atoms with van der Waals surface area (Å²) in [6.45, 7) is 0. The highest BCUT2D eigenvalue weighted by Gasteiger charge is 2.22. The van der Waals surface area contributed by atoms with Crippen molar-refractivity contribution in [1.82, 2.24) is 25.0 Å². The second kappa shape index (κ2) is 9.31. The molecule has 11 heteroatoms. The third kappa shape index (κ3) is 4.94. The molecule has 0 unspecified atom stereocenters. The van der Waals surface area contributed by atoms with E-state index < -0.39 is 17.5 Å². The van der Waals surface area contributed by atoms with Gasteiger partial charge in [-0.05, 0) is 42.5 Å². The molecule has 1 amide bonds. The molecule has 2 aromatic heterocycles. The van der Waals surface area contributed by atoms with Crippen LogP contribution in [0.25, 0.3) is 5.69 Å². The molecule has 156 valence electrons. The van der Waals surface area contributed by atoms with E-state index in [0.717, 1.165) is 16.6 Å². The third-order valence-electron chi connectivity index (χ3n) is 4.11. The average Bonchev–Trinajstić information content (AvgIpc) is 3.20. The third-order valence-corrected chi connectivity index (χ3v) is 5.52. The highest BCUT2D eigenvalue weighted by atomic mass is 79.9. The lowest BCUT2D eigenvalue weighted by atomic mass is 10.2. The smallest absolute Gasteiger partial charge is 0.278 e. The average molecular weight is 503 g/mol. The van der Waals surface area contributed by atoms with Crippen LogP contribution >= 0.6 is 27.7 Å². The Hall–Kier alpha value is -3.18. The van der Waals surface area contributed by atoms with Crippen molar-refractivity contribution < 1.29 is 13.6 Å². The van der Waals surface area contributed by atoms with Gasteiger partial charge in [-0.25, -0.2) is 23.4 Å². The Bertz CT molecular complexity index is 1220. The first-order valence-electron chi connectivity index (χ1n) is 8.88. The van der Waals surface area contributed by atoms with Crippen LogP contribution in [0.15, 0.2) is 70.6 Å². The Labute approximate surface area is 188 Å². The number of halogens is 3. The van der Waals surface area contributed by atoms with E-state index in [2.05, 4.69) is 41.5 Å². The number of aromatic nitrogens is 5. The molecule has 0 bridgehead atoms. The van der Waals surface area contributed by atoms with Crippen molar-refractivity contribution in [3.63, 3.8) is 0 Å². The fraction of sp³-hybridized carbons (Fsp3) is 0.0500. The van der Waals surface area contributed by atoms with Gasteiger partial charge in [0.05, 0.1) is 11.4 Å². The summed E-state index contributed by atoms with van der Waals surface area (Å²) in [6.07, 6.45) is 3.24. The summed E-state index contributed by atoms with van der Waals surface area (Å²) in [6, 6.07) is 12.1. The van der Waals surface area contributed by atoms with Crippen molar-refractivity contribution in [3.05, 3.63) is 88.4 Å². The van der Waals surface area contributed by atoms with E-state index in [0.29, 0.717) is 22.3 Å². The van der Waals surface area contributed by atoms with Gasteiger partial charge < -0.3 is 5.32 Å². The monoisotopic (exact) mass is 502 g/mol. The van der Waals surface area contributed by atoms with E-state index in [9.17, 15) is 13.6 Å². The minimum Gasteiger partial charge on any atom is -0.320 e. The van der Waals surface area contributed by atoms with Crippen molar-refractivity contribution >= 4 is 39.3 Å². The molecule has 2 aromatic carbocycles. The number of rotatable bonds is 6. The molecule has 31 heavy (non-hydrogen) atoms. The molecule has 4 aromatic rings. The standard InChI is InChI=1S/C20H13BrF2N6OS/c21-12-2-5-14(6-3-12)29-17(11-31-20-24-8-1-9-25-20)18(27-28-29)19(30)26-13-4-7-15(22)16(23)10-13/h1-10H,11H2,(H,26,30). The van der Waals surface area contributed by atoms with Crippen LogP contribution in [0.3, 0.4) is 0 Å². The van der Waals surface area contributed by atoms with Gasteiger partial charge in [0, 0.05) is 34.4 Å². The van der Waals surface area contributed by atoms with Gasteiger partial charge in [-0.3, -0.25) is 4.79 Å². The predicted octanol–water partition coefficient (Wildman–Crippen LogP) is 4.64. The summed E-state index contributed by atoms with van der Waals surface area (Å²) in [4.78, 5) is 21.2. The quantitative estimate of drug-likeness (QED) is 0.305. The fourth-order valence-electron chi connectivity index (χ4n) is 2.65. The van der Waals surface area contributed by atoms with Crippen molar-refractivity contribution in [2.45, 2.75) is 10.9 Å². The Balaban J connectivity index is 1.66. The molecule has 0 atom stereocenters. The molecule has 0 aliphatic rings. The molecule has 0 spiro atoms. The topological polar surface area (TPSA) is 85.6 Å². The maximum atomic E-state index is 13.5. The number of carbonyl (C=O) groups excluding carboxylic acids is 1. The van der Waals surface area contributed by atoms with Crippen LogP contribution in [0.4, 0.5) is 14.5 Å². The molecular formula is C20H13BrF2N6OS. The molecule has 4 rings (SSSR count). The summed E-state index contributed by atoms with van der Waals surface area (Å²) in [5, 5.41) is 11.2. The fourth-order valence-corrected chi connectivity index (χ4v) is 3.71. The lowest BCUT2D eigenvalue weighted by molar-refractivity contribution is 0.102. The Morgan fingerprint density at radius 3 is 2.52 bits per heavy atom. The highest BCUT2D eigenvalue weighted by molar-refractivity contribution is 9.10. The van der Waals surface area contributed by atoms with Gasteiger partial charge in [0.2, 0.25) is 0 Å². The van der Waals surface area contributed by atoms with Crippen LogP contribution in [0.1, 0.15) is 16.2 Å². The first-order chi connectivity index (χ1) is 15.0. The summed E-state index contributed by atoms with van der Waals surface area (Å²) in [7, 11) is 0. The number of carbonyl (C=O) groups is 1. The van der Waals surface area contributed by atoms with Crippen LogP contribution in [0.5, 0.6) is 0 Å². The van der Waals surface area contributed by atoms with Crippen molar-refractivity contribution in [2.24, 2.45) is 0 Å². The van der Waals surface area contributed by atoms with Crippen LogP contribution < -0.4 is 5.32 Å². The number of hydrogen-bond donors (Lipinski definition) is 1. The van der Waals surface area contributed by atoms with Gasteiger partial charge in [0.1, 0.15) is 0 Å². The number of benzene rings is 2. The number of hydrogen-bond acceptors (Lipinski definition) is 6. The lowest BCUT2D eigenvalue weighted by Gasteiger charge is -2.09. The zero-order valence-corrected chi connectivity index (χ0v) is 18.1. The zero-order chi connectivity index (χ0) is 21.8. The van der Waals surface area contributed by atoms with E-state index >= 15 is 0 Å². The molecule has 7 nitrogen and oxygen atoms in total. The maximum Gasteiger partial charge on any atom is 0.278 e. The first-order valence-corrected chi connectivity index (χ1v) is 10.7. The number of amides is 1. The molecule has 0 radical (unpaired) electrons. The van der Waals surface area contributed by atoms with Gasteiger partial charge in [-0.2, -0.15) is 0 Å².